The molecule has 0 amide bonds. The van der Waals surface area contributed by atoms with E-state index >= 15 is 0 Å². The maximum Gasteiger partial charge on any atom is 0.130 e. The third kappa shape index (κ3) is 2.76. The largest absolute Gasteiger partial charge is 0.313 e. The Kier molecular flexibility index (Phi) is 4.09. The van der Waals surface area contributed by atoms with Gasteiger partial charge in [0.25, 0.3) is 0 Å². The molecule has 4 heteroatoms. The fourth-order valence-electron chi connectivity index (χ4n) is 1.96. The van der Waals surface area contributed by atoms with Crippen molar-refractivity contribution in [2.24, 2.45) is 0 Å². The van der Waals surface area contributed by atoms with Crippen LogP contribution in [0, 0.1) is 18.6 Å². The molecule has 2 aromatic rings. The van der Waals surface area contributed by atoms with Crippen LogP contribution in [0.15, 0.2) is 29.0 Å². The van der Waals surface area contributed by atoms with Crippen molar-refractivity contribution in [1.29, 1.82) is 0 Å². The molecule has 18 heavy (non-hydrogen) atoms. The molecule has 1 unspecified atom stereocenters. The Morgan fingerprint density at radius 1 is 1.28 bits per heavy atom. The number of thiophene rings is 1. The maximum absolute atomic E-state index is 13.8. The van der Waals surface area contributed by atoms with Gasteiger partial charge in [0.1, 0.15) is 11.6 Å². The van der Waals surface area contributed by atoms with E-state index in [4.69, 9.17) is 0 Å². The van der Waals surface area contributed by atoms with Crippen molar-refractivity contribution in [2.75, 3.05) is 7.05 Å². The van der Waals surface area contributed by atoms with E-state index < -0.39 is 11.6 Å². The topological polar surface area (TPSA) is 12.0 Å². The van der Waals surface area contributed by atoms with E-state index in [9.17, 15) is 8.78 Å². The Bertz CT molecular complexity index is 523. The van der Waals surface area contributed by atoms with Gasteiger partial charge in [-0.25, -0.2) is 8.78 Å². The molecule has 0 saturated carbocycles. The van der Waals surface area contributed by atoms with Crippen molar-refractivity contribution in [3.63, 3.8) is 0 Å². The quantitative estimate of drug-likeness (QED) is 0.887. The first-order valence-corrected chi connectivity index (χ1v) is 6.70. The summed E-state index contributed by atoms with van der Waals surface area (Å²) in [6.07, 6.45) is 0.696. The average Bonchev–Trinajstić information content (AvgIpc) is 2.84. The SMILES string of the molecule is CNC(Cc1ccsc1)c1cc(C)c(F)cc1F. The van der Waals surface area contributed by atoms with Gasteiger partial charge in [-0.05, 0) is 54.4 Å². The highest BCUT2D eigenvalue weighted by atomic mass is 32.1. The van der Waals surface area contributed by atoms with Crippen LogP contribution in [0.25, 0.3) is 0 Å². The van der Waals surface area contributed by atoms with Crippen LogP contribution in [-0.4, -0.2) is 7.05 Å². The summed E-state index contributed by atoms with van der Waals surface area (Å²) < 4.78 is 27.1. The number of halogens is 2. The molecule has 1 N–H and O–H groups in total. The minimum absolute atomic E-state index is 0.140. The minimum atomic E-state index is -0.498. The summed E-state index contributed by atoms with van der Waals surface area (Å²) in [5.74, 6) is -0.991. The molecule has 0 fully saturated rings. The molecule has 1 atom stereocenters. The minimum Gasteiger partial charge on any atom is -0.313 e. The molecular formula is C14H15F2NS. The predicted molar refractivity (Wildman–Crippen MR) is 70.9 cm³/mol. The number of aryl methyl sites for hydroxylation is 1. The third-order valence-corrected chi connectivity index (χ3v) is 3.75. The van der Waals surface area contributed by atoms with Gasteiger partial charge in [0.05, 0.1) is 0 Å². The number of rotatable bonds is 4. The number of hydrogen-bond acceptors (Lipinski definition) is 2. The van der Waals surface area contributed by atoms with Gasteiger partial charge in [0.2, 0.25) is 0 Å². The van der Waals surface area contributed by atoms with Gasteiger partial charge in [0, 0.05) is 17.7 Å². The van der Waals surface area contributed by atoms with Crippen LogP contribution in [0.2, 0.25) is 0 Å². The van der Waals surface area contributed by atoms with Crippen LogP contribution >= 0.6 is 11.3 Å². The van der Waals surface area contributed by atoms with Crippen molar-refractivity contribution in [1.82, 2.24) is 5.32 Å². The van der Waals surface area contributed by atoms with Gasteiger partial charge in [-0.2, -0.15) is 11.3 Å². The number of likely N-dealkylation sites (N-methyl/N-ethyl adjacent to an activating group) is 1. The summed E-state index contributed by atoms with van der Waals surface area (Å²) in [6, 6.07) is 4.42. The maximum atomic E-state index is 13.8. The van der Waals surface area contributed by atoms with Crippen molar-refractivity contribution in [3.8, 4) is 0 Å². The van der Waals surface area contributed by atoms with Gasteiger partial charge in [0.15, 0.2) is 0 Å². The second-order valence-electron chi connectivity index (χ2n) is 4.30. The van der Waals surface area contributed by atoms with Gasteiger partial charge in [-0.3, -0.25) is 0 Å². The Balaban J connectivity index is 2.30. The van der Waals surface area contributed by atoms with E-state index in [0.717, 1.165) is 11.6 Å². The highest BCUT2D eigenvalue weighted by Crippen LogP contribution is 2.24. The summed E-state index contributed by atoms with van der Waals surface area (Å²) in [4.78, 5) is 0. The summed E-state index contributed by atoms with van der Waals surface area (Å²) in [7, 11) is 1.79. The molecule has 1 aromatic heterocycles. The first-order valence-electron chi connectivity index (χ1n) is 5.75. The molecule has 96 valence electrons. The highest BCUT2D eigenvalue weighted by Gasteiger charge is 2.16. The molecule has 1 heterocycles. The number of benzene rings is 1. The van der Waals surface area contributed by atoms with E-state index in [2.05, 4.69) is 5.32 Å². The van der Waals surface area contributed by atoms with Crippen molar-refractivity contribution in [2.45, 2.75) is 19.4 Å². The van der Waals surface area contributed by atoms with E-state index in [1.54, 1.807) is 31.4 Å². The Morgan fingerprint density at radius 3 is 2.67 bits per heavy atom. The Labute approximate surface area is 109 Å². The fourth-order valence-corrected chi connectivity index (χ4v) is 2.64. The number of nitrogens with one attached hydrogen (secondary N) is 1. The second-order valence-corrected chi connectivity index (χ2v) is 5.08. The van der Waals surface area contributed by atoms with E-state index in [1.165, 1.54) is 0 Å². The predicted octanol–water partition coefficient (Wildman–Crippen LogP) is 3.84. The first kappa shape index (κ1) is 13.2. The molecule has 1 aromatic carbocycles. The van der Waals surface area contributed by atoms with Crippen molar-refractivity contribution >= 4 is 11.3 Å². The normalized spacial score (nSPS) is 12.7. The molecule has 0 aliphatic rings. The molecular weight excluding hydrogens is 252 g/mol. The standard InChI is InChI=1S/C14H15F2NS/c1-9-5-11(13(16)7-12(9)15)14(17-2)6-10-3-4-18-8-10/h3-5,7-8,14,17H,6H2,1-2H3. The summed E-state index contributed by atoms with van der Waals surface area (Å²) in [6.45, 7) is 1.65. The van der Waals surface area contributed by atoms with Crippen molar-refractivity contribution in [3.05, 3.63) is 57.3 Å². The molecule has 2 rings (SSSR count). The fraction of sp³-hybridized carbons (Fsp3) is 0.286. The van der Waals surface area contributed by atoms with Crippen molar-refractivity contribution < 1.29 is 8.78 Å². The lowest BCUT2D eigenvalue weighted by Gasteiger charge is -2.17. The van der Waals surface area contributed by atoms with Crippen LogP contribution in [0.4, 0.5) is 8.78 Å². The van der Waals surface area contributed by atoms with Crippen LogP contribution < -0.4 is 5.32 Å². The first-order chi connectivity index (χ1) is 8.61. The smallest absolute Gasteiger partial charge is 0.130 e. The zero-order valence-corrected chi connectivity index (χ0v) is 11.2. The van der Waals surface area contributed by atoms with Gasteiger partial charge in [-0.15, -0.1) is 0 Å². The molecule has 1 nitrogen and oxygen atoms in total. The lowest BCUT2D eigenvalue weighted by Crippen LogP contribution is -2.20. The van der Waals surface area contributed by atoms with Gasteiger partial charge in [-0.1, -0.05) is 0 Å². The lowest BCUT2D eigenvalue weighted by atomic mass is 9.98. The van der Waals surface area contributed by atoms with Gasteiger partial charge >= 0.3 is 0 Å². The molecule has 0 bridgehead atoms. The summed E-state index contributed by atoms with van der Waals surface area (Å²) >= 11 is 1.62. The second kappa shape index (κ2) is 5.59. The van der Waals surface area contributed by atoms with E-state index in [1.807, 2.05) is 16.8 Å². The van der Waals surface area contributed by atoms with E-state index in [-0.39, 0.29) is 6.04 Å². The summed E-state index contributed by atoms with van der Waals surface area (Å²) in [5, 5.41) is 7.12. The Hall–Kier alpha value is -1.26. The molecule has 0 aliphatic carbocycles. The Morgan fingerprint density at radius 2 is 2.06 bits per heavy atom. The zero-order valence-electron chi connectivity index (χ0n) is 10.3. The zero-order chi connectivity index (χ0) is 13.1. The highest BCUT2D eigenvalue weighted by molar-refractivity contribution is 7.07. The lowest BCUT2D eigenvalue weighted by molar-refractivity contribution is 0.519. The van der Waals surface area contributed by atoms with Crippen LogP contribution in [0.3, 0.4) is 0 Å². The average molecular weight is 267 g/mol. The van der Waals surface area contributed by atoms with Gasteiger partial charge < -0.3 is 5.32 Å². The number of hydrogen-bond donors (Lipinski definition) is 1. The molecule has 0 spiro atoms. The third-order valence-electron chi connectivity index (χ3n) is 3.02. The van der Waals surface area contributed by atoms with E-state index in [0.29, 0.717) is 17.5 Å². The molecule has 0 aliphatic heterocycles. The van der Waals surface area contributed by atoms with Crippen LogP contribution in [0.1, 0.15) is 22.7 Å². The van der Waals surface area contributed by atoms with Crippen LogP contribution in [0.5, 0.6) is 0 Å². The molecule has 0 saturated heterocycles. The van der Waals surface area contributed by atoms with Crippen LogP contribution in [-0.2, 0) is 6.42 Å². The monoisotopic (exact) mass is 267 g/mol. The summed E-state index contributed by atoms with van der Waals surface area (Å²) in [5.41, 5.74) is 2.14. The molecule has 0 radical (unpaired) electrons.